The minimum Gasteiger partial charge on any atom is -0.463 e. The quantitative estimate of drug-likeness (QED) is 0.224. The minimum atomic E-state index is -2.28. The van der Waals surface area contributed by atoms with Crippen molar-refractivity contribution >= 4 is 17.7 Å². The smallest absolute Gasteiger partial charge is 0.354 e. The molecule has 0 aliphatic carbocycles. The van der Waals surface area contributed by atoms with Gasteiger partial charge in [0.15, 0.2) is 0 Å². The summed E-state index contributed by atoms with van der Waals surface area (Å²) in [7, 11) is 0. The van der Waals surface area contributed by atoms with Gasteiger partial charge in [0.1, 0.15) is 5.78 Å². The van der Waals surface area contributed by atoms with Crippen molar-refractivity contribution in [3.63, 3.8) is 0 Å². The number of hydrogen-bond donors (Lipinski definition) is 0. The third kappa shape index (κ3) is 6.68. The summed E-state index contributed by atoms with van der Waals surface area (Å²) in [4.78, 5) is 49.2. The summed E-state index contributed by atoms with van der Waals surface area (Å²) in [6.07, 6.45) is 1.63. The molecule has 0 aliphatic rings. The molecule has 0 bridgehead atoms. The third-order valence-corrected chi connectivity index (χ3v) is 3.53. The van der Waals surface area contributed by atoms with Crippen LogP contribution in [-0.4, -0.2) is 42.1 Å². The summed E-state index contributed by atoms with van der Waals surface area (Å²) in [6, 6.07) is 0. The Bertz CT molecular complexity index is 447. The standard InChI is InChI=1S/C19H34O7/c1-8-12-14(15(20)13-9-2)19(16(21)23-10-3,17(22)24-11-4)26-25-18(5,6)7/h14H,8-13H2,1-7H3. The first-order chi connectivity index (χ1) is 12.1. The predicted octanol–water partition coefficient (Wildman–Crippen LogP) is 3.38. The van der Waals surface area contributed by atoms with Crippen LogP contribution in [0.1, 0.15) is 74.1 Å². The van der Waals surface area contributed by atoms with Crippen molar-refractivity contribution in [3.8, 4) is 0 Å². The molecule has 0 aromatic heterocycles. The highest BCUT2D eigenvalue weighted by atomic mass is 17.2. The molecule has 152 valence electrons. The highest BCUT2D eigenvalue weighted by Crippen LogP contribution is 2.34. The van der Waals surface area contributed by atoms with Gasteiger partial charge in [-0.3, -0.25) is 4.79 Å². The second-order valence-electron chi connectivity index (χ2n) is 7.01. The van der Waals surface area contributed by atoms with E-state index in [0.717, 1.165) is 0 Å². The second kappa shape index (κ2) is 11.3. The first-order valence-electron chi connectivity index (χ1n) is 9.34. The first-order valence-corrected chi connectivity index (χ1v) is 9.34. The van der Waals surface area contributed by atoms with E-state index in [1.54, 1.807) is 34.6 Å². The van der Waals surface area contributed by atoms with Gasteiger partial charge < -0.3 is 9.47 Å². The van der Waals surface area contributed by atoms with Gasteiger partial charge in [-0.1, -0.05) is 20.3 Å². The largest absolute Gasteiger partial charge is 0.463 e. The van der Waals surface area contributed by atoms with E-state index in [0.29, 0.717) is 12.8 Å². The maximum atomic E-state index is 12.8. The van der Waals surface area contributed by atoms with Crippen LogP contribution in [0.5, 0.6) is 0 Å². The Kier molecular flexibility index (Phi) is 10.6. The lowest BCUT2D eigenvalue weighted by atomic mass is 9.79. The molecule has 0 saturated heterocycles. The van der Waals surface area contributed by atoms with Crippen LogP contribution in [0.2, 0.25) is 0 Å². The summed E-state index contributed by atoms with van der Waals surface area (Å²) in [5.41, 5.74) is -3.09. The predicted molar refractivity (Wildman–Crippen MR) is 96.2 cm³/mol. The van der Waals surface area contributed by atoms with Gasteiger partial charge in [0.2, 0.25) is 0 Å². The topological polar surface area (TPSA) is 88.1 Å². The van der Waals surface area contributed by atoms with E-state index < -0.39 is 29.1 Å². The summed E-state index contributed by atoms with van der Waals surface area (Å²) in [6.45, 7) is 12.1. The van der Waals surface area contributed by atoms with Crippen LogP contribution >= 0.6 is 0 Å². The van der Waals surface area contributed by atoms with Crippen LogP contribution in [0.3, 0.4) is 0 Å². The van der Waals surface area contributed by atoms with Crippen LogP contribution in [0, 0.1) is 5.92 Å². The molecule has 0 saturated carbocycles. The summed E-state index contributed by atoms with van der Waals surface area (Å²) >= 11 is 0. The average Bonchev–Trinajstić information content (AvgIpc) is 2.54. The molecule has 0 aliphatic heterocycles. The van der Waals surface area contributed by atoms with E-state index >= 15 is 0 Å². The normalized spacial score (nSPS) is 13.2. The average molecular weight is 374 g/mol. The highest BCUT2D eigenvalue weighted by Gasteiger charge is 2.60. The maximum absolute atomic E-state index is 12.8. The fraction of sp³-hybridized carbons (Fsp3) is 0.842. The zero-order chi connectivity index (χ0) is 20.4. The van der Waals surface area contributed by atoms with Gasteiger partial charge in [-0.25, -0.2) is 19.4 Å². The lowest BCUT2D eigenvalue weighted by Crippen LogP contribution is -2.59. The molecule has 26 heavy (non-hydrogen) atoms. The van der Waals surface area contributed by atoms with Crippen molar-refractivity contribution in [1.29, 1.82) is 0 Å². The van der Waals surface area contributed by atoms with Gasteiger partial charge in [-0.05, 0) is 47.5 Å². The van der Waals surface area contributed by atoms with E-state index in [1.165, 1.54) is 0 Å². The molecule has 0 rings (SSSR count). The number of rotatable bonds is 12. The lowest BCUT2D eigenvalue weighted by Gasteiger charge is -2.35. The molecule has 7 nitrogen and oxygen atoms in total. The Balaban J connectivity index is 6.27. The van der Waals surface area contributed by atoms with Crippen molar-refractivity contribution in [2.75, 3.05) is 13.2 Å². The minimum absolute atomic E-state index is 0.0275. The van der Waals surface area contributed by atoms with Crippen molar-refractivity contribution in [2.24, 2.45) is 5.92 Å². The molecule has 0 spiro atoms. The number of Topliss-reactive ketones (excluding diaryl/α,β-unsaturated/α-hetero) is 1. The van der Waals surface area contributed by atoms with Crippen LogP contribution in [0.25, 0.3) is 0 Å². The summed E-state index contributed by atoms with van der Waals surface area (Å²) in [5, 5.41) is 0. The van der Waals surface area contributed by atoms with Gasteiger partial charge >= 0.3 is 17.5 Å². The SMILES string of the molecule is CCCC(=O)C(CCC)C(OOC(C)(C)C)(C(=O)OCC)C(=O)OCC. The monoisotopic (exact) mass is 374 g/mol. The van der Waals surface area contributed by atoms with E-state index in [-0.39, 0.29) is 31.8 Å². The zero-order valence-electron chi connectivity index (χ0n) is 17.2. The lowest BCUT2D eigenvalue weighted by molar-refractivity contribution is -0.396. The third-order valence-electron chi connectivity index (χ3n) is 3.53. The number of carbonyl (C=O) groups is 3. The second-order valence-corrected chi connectivity index (χ2v) is 7.01. The Labute approximate surface area is 156 Å². The fourth-order valence-electron chi connectivity index (χ4n) is 2.46. The van der Waals surface area contributed by atoms with E-state index in [4.69, 9.17) is 19.2 Å². The number of carbonyl (C=O) groups excluding carboxylic acids is 3. The van der Waals surface area contributed by atoms with Gasteiger partial charge in [0.25, 0.3) is 0 Å². The first kappa shape index (κ1) is 24.5. The number of hydrogen-bond acceptors (Lipinski definition) is 7. The molecule has 0 amide bonds. The van der Waals surface area contributed by atoms with Crippen molar-refractivity contribution in [2.45, 2.75) is 85.4 Å². The molecule has 0 fully saturated rings. The molecule has 0 heterocycles. The molecule has 7 heteroatoms. The van der Waals surface area contributed by atoms with Gasteiger partial charge in [0, 0.05) is 6.42 Å². The van der Waals surface area contributed by atoms with Gasteiger partial charge in [-0.2, -0.15) is 0 Å². The number of ketones is 1. The van der Waals surface area contributed by atoms with E-state index in [2.05, 4.69) is 0 Å². The molecular weight excluding hydrogens is 340 g/mol. The van der Waals surface area contributed by atoms with Crippen molar-refractivity contribution in [3.05, 3.63) is 0 Å². The number of esters is 2. The Hall–Kier alpha value is -1.47. The van der Waals surface area contributed by atoms with Gasteiger partial charge in [-0.15, -0.1) is 0 Å². The van der Waals surface area contributed by atoms with Crippen LogP contribution < -0.4 is 0 Å². The molecule has 0 aromatic carbocycles. The summed E-state index contributed by atoms with van der Waals surface area (Å²) in [5.74, 6) is -3.24. The molecule has 1 unspecified atom stereocenters. The Morgan fingerprint density at radius 3 is 1.65 bits per heavy atom. The van der Waals surface area contributed by atoms with Crippen LogP contribution in [0.4, 0.5) is 0 Å². The highest BCUT2D eigenvalue weighted by molar-refractivity contribution is 6.08. The van der Waals surface area contributed by atoms with Crippen LogP contribution in [-0.2, 0) is 33.6 Å². The van der Waals surface area contributed by atoms with Gasteiger partial charge in [0.05, 0.1) is 24.7 Å². The van der Waals surface area contributed by atoms with Crippen molar-refractivity contribution < 1.29 is 33.6 Å². The molecule has 1 atom stereocenters. The number of ether oxygens (including phenoxy) is 2. The zero-order valence-corrected chi connectivity index (χ0v) is 17.2. The van der Waals surface area contributed by atoms with E-state index in [1.807, 2.05) is 13.8 Å². The molecule has 0 radical (unpaired) electrons. The van der Waals surface area contributed by atoms with Crippen molar-refractivity contribution in [1.82, 2.24) is 0 Å². The van der Waals surface area contributed by atoms with Crippen LogP contribution in [0.15, 0.2) is 0 Å². The maximum Gasteiger partial charge on any atom is 0.354 e. The Morgan fingerprint density at radius 2 is 1.31 bits per heavy atom. The fourth-order valence-corrected chi connectivity index (χ4v) is 2.46. The molecule has 0 aromatic rings. The molecular formula is C19H34O7. The Morgan fingerprint density at radius 1 is 0.808 bits per heavy atom. The summed E-state index contributed by atoms with van der Waals surface area (Å²) < 4.78 is 10.2. The van der Waals surface area contributed by atoms with E-state index in [9.17, 15) is 14.4 Å². The molecule has 0 N–H and O–H groups in total.